The third kappa shape index (κ3) is 2.76. The van der Waals surface area contributed by atoms with Crippen molar-refractivity contribution in [3.8, 4) is 0 Å². The zero-order valence-corrected chi connectivity index (χ0v) is 8.64. The zero-order chi connectivity index (χ0) is 8.97. The Morgan fingerprint density at radius 1 is 1.33 bits per heavy atom. The SMILES string of the molecule is CC(C)N(C)C1CCCCNC1. The highest BCUT2D eigenvalue weighted by molar-refractivity contribution is 4.76. The molecule has 1 aliphatic heterocycles. The van der Waals surface area contributed by atoms with Crippen molar-refractivity contribution >= 4 is 0 Å². The van der Waals surface area contributed by atoms with Crippen molar-refractivity contribution in [1.82, 2.24) is 10.2 Å². The first-order valence-corrected chi connectivity index (χ1v) is 5.14. The molecule has 1 heterocycles. The van der Waals surface area contributed by atoms with E-state index in [0.29, 0.717) is 6.04 Å². The zero-order valence-electron chi connectivity index (χ0n) is 8.64. The first-order valence-electron chi connectivity index (χ1n) is 5.14. The third-order valence-electron chi connectivity index (χ3n) is 2.91. The Balaban J connectivity index is 2.37. The van der Waals surface area contributed by atoms with Crippen LogP contribution in [0.4, 0.5) is 0 Å². The van der Waals surface area contributed by atoms with Crippen LogP contribution in [-0.4, -0.2) is 37.1 Å². The van der Waals surface area contributed by atoms with Crippen molar-refractivity contribution in [1.29, 1.82) is 0 Å². The van der Waals surface area contributed by atoms with Crippen LogP contribution in [-0.2, 0) is 0 Å². The second kappa shape index (κ2) is 4.83. The molecule has 0 spiro atoms. The van der Waals surface area contributed by atoms with Crippen LogP contribution in [0.1, 0.15) is 33.1 Å². The average molecular weight is 170 g/mol. The molecule has 1 rings (SSSR count). The quantitative estimate of drug-likeness (QED) is 0.675. The molecule has 0 aromatic rings. The fourth-order valence-corrected chi connectivity index (χ4v) is 1.77. The van der Waals surface area contributed by atoms with E-state index in [1.807, 2.05) is 0 Å². The van der Waals surface area contributed by atoms with Gasteiger partial charge in [-0.15, -0.1) is 0 Å². The normalized spacial score (nSPS) is 26.2. The van der Waals surface area contributed by atoms with E-state index in [2.05, 4.69) is 31.1 Å². The van der Waals surface area contributed by atoms with E-state index in [-0.39, 0.29) is 0 Å². The first kappa shape index (κ1) is 10.0. The fourth-order valence-electron chi connectivity index (χ4n) is 1.77. The molecule has 1 N–H and O–H groups in total. The highest BCUT2D eigenvalue weighted by atomic mass is 15.2. The smallest absolute Gasteiger partial charge is 0.0220 e. The van der Waals surface area contributed by atoms with Gasteiger partial charge >= 0.3 is 0 Å². The maximum Gasteiger partial charge on any atom is 0.0220 e. The summed E-state index contributed by atoms with van der Waals surface area (Å²) in [5, 5.41) is 3.49. The van der Waals surface area contributed by atoms with Crippen molar-refractivity contribution in [3.63, 3.8) is 0 Å². The Bertz CT molecular complexity index is 115. The van der Waals surface area contributed by atoms with Gasteiger partial charge in [-0.2, -0.15) is 0 Å². The largest absolute Gasteiger partial charge is 0.315 e. The van der Waals surface area contributed by atoms with E-state index in [0.717, 1.165) is 6.04 Å². The van der Waals surface area contributed by atoms with Gasteiger partial charge in [0.1, 0.15) is 0 Å². The van der Waals surface area contributed by atoms with Crippen LogP contribution in [0.15, 0.2) is 0 Å². The Kier molecular flexibility index (Phi) is 4.02. The molecule has 12 heavy (non-hydrogen) atoms. The molecule has 2 nitrogen and oxygen atoms in total. The minimum absolute atomic E-state index is 0.676. The van der Waals surface area contributed by atoms with Gasteiger partial charge in [-0.1, -0.05) is 6.42 Å². The van der Waals surface area contributed by atoms with Crippen LogP contribution in [0.2, 0.25) is 0 Å². The molecule has 0 bridgehead atoms. The first-order chi connectivity index (χ1) is 5.72. The van der Waals surface area contributed by atoms with Crippen LogP contribution in [0.25, 0.3) is 0 Å². The Morgan fingerprint density at radius 3 is 2.75 bits per heavy atom. The summed E-state index contributed by atoms with van der Waals surface area (Å²) in [6.07, 6.45) is 4.10. The predicted molar refractivity (Wildman–Crippen MR) is 53.4 cm³/mol. The lowest BCUT2D eigenvalue weighted by molar-refractivity contribution is 0.186. The fraction of sp³-hybridized carbons (Fsp3) is 1.00. The molecule has 1 saturated heterocycles. The topological polar surface area (TPSA) is 15.3 Å². The van der Waals surface area contributed by atoms with Crippen molar-refractivity contribution in [2.24, 2.45) is 0 Å². The summed E-state index contributed by atoms with van der Waals surface area (Å²) in [6, 6.07) is 1.43. The Morgan fingerprint density at radius 2 is 2.08 bits per heavy atom. The maximum atomic E-state index is 3.49. The summed E-state index contributed by atoms with van der Waals surface area (Å²) in [4.78, 5) is 2.48. The summed E-state index contributed by atoms with van der Waals surface area (Å²) in [6.45, 7) is 6.92. The molecule has 2 heteroatoms. The van der Waals surface area contributed by atoms with Gasteiger partial charge in [0.25, 0.3) is 0 Å². The van der Waals surface area contributed by atoms with Crippen LogP contribution >= 0.6 is 0 Å². The number of rotatable bonds is 2. The molecule has 1 atom stereocenters. The van der Waals surface area contributed by atoms with Gasteiger partial charge in [-0.3, -0.25) is 4.90 Å². The molecular formula is C10H22N2. The summed E-state index contributed by atoms with van der Waals surface area (Å²) >= 11 is 0. The predicted octanol–water partition coefficient (Wildman–Crippen LogP) is 1.47. The summed E-state index contributed by atoms with van der Waals surface area (Å²) in [7, 11) is 2.24. The lowest BCUT2D eigenvalue weighted by atomic mass is 10.1. The molecule has 1 unspecified atom stereocenters. The van der Waals surface area contributed by atoms with Gasteiger partial charge in [-0.25, -0.2) is 0 Å². The van der Waals surface area contributed by atoms with Crippen LogP contribution in [0.3, 0.4) is 0 Å². The number of nitrogens with one attached hydrogen (secondary N) is 1. The molecule has 0 aromatic heterocycles. The van der Waals surface area contributed by atoms with Gasteiger partial charge in [-0.05, 0) is 40.3 Å². The monoisotopic (exact) mass is 170 g/mol. The Hall–Kier alpha value is -0.0800. The van der Waals surface area contributed by atoms with Crippen molar-refractivity contribution in [3.05, 3.63) is 0 Å². The van der Waals surface area contributed by atoms with E-state index in [9.17, 15) is 0 Å². The average Bonchev–Trinajstić information content (AvgIpc) is 2.30. The molecular weight excluding hydrogens is 148 g/mol. The van der Waals surface area contributed by atoms with Gasteiger partial charge < -0.3 is 5.32 Å². The van der Waals surface area contributed by atoms with Crippen molar-refractivity contribution < 1.29 is 0 Å². The lowest BCUT2D eigenvalue weighted by Crippen LogP contribution is -2.42. The van der Waals surface area contributed by atoms with E-state index in [1.165, 1.54) is 32.4 Å². The molecule has 1 fully saturated rings. The van der Waals surface area contributed by atoms with Crippen LogP contribution < -0.4 is 5.32 Å². The summed E-state index contributed by atoms with van der Waals surface area (Å²) in [5.74, 6) is 0. The van der Waals surface area contributed by atoms with E-state index in [4.69, 9.17) is 0 Å². The molecule has 0 aromatic carbocycles. The minimum atomic E-state index is 0.676. The molecule has 0 radical (unpaired) electrons. The van der Waals surface area contributed by atoms with Gasteiger partial charge in [0.05, 0.1) is 0 Å². The molecule has 1 aliphatic rings. The molecule has 0 aliphatic carbocycles. The van der Waals surface area contributed by atoms with Crippen LogP contribution in [0.5, 0.6) is 0 Å². The third-order valence-corrected chi connectivity index (χ3v) is 2.91. The highest BCUT2D eigenvalue weighted by Gasteiger charge is 2.17. The van der Waals surface area contributed by atoms with Gasteiger partial charge in [0.2, 0.25) is 0 Å². The van der Waals surface area contributed by atoms with Gasteiger partial charge in [0, 0.05) is 18.6 Å². The summed E-state index contributed by atoms with van der Waals surface area (Å²) < 4.78 is 0. The number of likely N-dealkylation sites (N-methyl/N-ethyl adjacent to an activating group) is 1. The second-order valence-corrected chi connectivity index (χ2v) is 4.11. The minimum Gasteiger partial charge on any atom is -0.315 e. The second-order valence-electron chi connectivity index (χ2n) is 4.11. The van der Waals surface area contributed by atoms with Gasteiger partial charge in [0.15, 0.2) is 0 Å². The van der Waals surface area contributed by atoms with Crippen molar-refractivity contribution in [2.75, 3.05) is 20.1 Å². The molecule has 0 saturated carbocycles. The number of hydrogen-bond donors (Lipinski definition) is 1. The van der Waals surface area contributed by atoms with Crippen LogP contribution in [0, 0.1) is 0 Å². The van der Waals surface area contributed by atoms with E-state index >= 15 is 0 Å². The van der Waals surface area contributed by atoms with E-state index in [1.54, 1.807) is 0 Å². The maximum absolute atomic E-state index is 3.49. The Labute approximate surface area is 76.3 Å². The molecule has 72 valence electrons. The number of hydrogen-bond acceptors (Lipinski definition) is 2. The van der Waals surface area contributed by atoms with E-state index < -0.39 is 0 Å². The lowest BCUT2D eigenvalue weighted by Gasteiger charge is -2.30. The number of nitrogens with zero attached hydrogens (tertiary/aromatic N) is 1. The summed E-state index contributed by atoms with van der Waals surface area (Å²) in [5.41, 5.74) is 0. The molecule has 0 amide bonds. The standard InChI is InChI=1S/C10H22N2/c1-9(2)12(3)10-6-4-5-7-11-8-10/h9-11H,4-8H2,1-3H3. The van der Waals surface area contributed by atoms with Crippen molar-refractivity contribution in [2.45, 2.75) is 45.2 Å². The highest BCUT2D eigenvalue weighted by Crippen LogP contribution is 2.11.